The molecule has 1 unspecified atom stereocenters. The predicted molar refractivity (Wildman–Crippen MR) is 73.8 cm³/mol. The van der Waals surface area contributed by atoms with Crippen LogP contribution in [0.4, 0.5) is 0 Å². The van der Waals surface area contributed by atoms with Gasteiger partial charge in [-0.25, -0.2) is 0 Å². The molecule has 0 saturated heterocycles. The Bertz CT molecular complexity index is 315. The van der Waals surface area contributed by atoms with E-state index < -0.39 is 18.2 Å². The van der Waals surface area contributed by atoms with E-state index in [0.717, 1.165) is 0 Å². The predicted octanol–water partition coefficient (Wildman–Crippen LogP) is 4.02. The van der Waals surface area contributed by atoms with E-state index in [0.29, 0.717) is 6.61 Å². The molecule has 0 aliphatic carbocycles. The molecule has 3 nitrogen and oxygen atoms in total. The molecule has 0 aromatic carbocycles. The highest BCUT2D eigenvalue weighted by Crippen LogP contribution is 2.37. The maximum atomic E-state index is 8.88. The number of alkyl halides is 3. The summed E-state index contributed by atoms with van der Waals surface area (Å²) in [6.07, 6.45) is 0.636. The highest BCUT2D eigenvalue weighted by molar-refractivity contribution is 6.72. The van der Waals surface area contributed by atoms with Crippen LogP contribution in [0, 0.1) is 11.3 Å². The summed E-state index contributed by atoms with van der Waals surface area (Å²) in [5, 5.41) is 8.88. The molecule has 0 spiro atoms. The van der Waals surface area contributed by atoms with Gasteiger partial charge in [0.05, 0.1) is 6.07 Å². The van der Waals surface area contributed by atoms with Crippen molar-refractivity contribution < 1.29 is 9.16 Å². The Labute approximate surface area is 118 Å². The van der Waals surface area contributed by atoms with E-state index >= 15 is 0 Å². The summed E-state index contributed by atoms with van der Waals surface area (Å²) in [4.78, 5) is 0. The highest BCUT2D eigenvalue weighted by atomic mass is 35.6. The zero-order valence-corrected chi connectivity index (χ0v) is 13.5. The Morgan fingerprint density at radius 2 is 1.94 bits per heavy atom. The number of rotatable bonds is 5. The quantitative estimate of drug-likeness (QED) is 0.437. The number of nitrogens with zero attached hydrogens (tertiary/aromatic N) is 1. The summed E-state index contributed by atoms with van der Waals surface area (Å²) in [6.45, 7) is 8.05. The molecule has 0 aliphatic heterocycles. The Kier molecular flexibility index (Phi) is 6.89. The first-order valence-electron chi connectivity index (χ1n) is 5.09. The third-order valence-electron chi connectivity index (χ3n) is 1.47. The number of hydrogen-bond acceptors (Lipinski definition) is 3. The van der Waals surface area contributed by atoms with Gasteiger partial charge in [-0.05, 0) is 32.6 Å². The van der Waals surface area contributed by atoms with E-state index in [2.05, 4.69) is 0 Å². The third-order valence-corrected chi connectivity index (χ3v) is 2.86. The minimum absolute atomic E-state index is 0.154. The van der Waals surface area contributed by atoms with Gasteiger partial charge in [-0.3, -0.25) is 0 Å². The van der Waals surface area contributed by atoms with Gasteiger partial charge in [0.2, 0.25) is 12.1 Å². The second kappa shape index (κ2) is 6.86. The van der Waals surface area contributed by atoms with Crippen molar-refractivity contribution in [2.75, 3.05) is 6.61 Å². The molecular weight excluding hydrogens is 301 g/mol. The van der Waals surface area contributed by atoms with Crippen molar-refractivity contribution in [2.24, 2.45) is 0 Å². The molecule has 0 amide bonds. The van der Waals surface area contributed by atoms with Crippen molar-refractivity contribution in [3.05, 3.63) is 11.8 Å². The van der Waals surface area contributed by atoms with Gasteiger partial charge < -0.3 is 9.16 Å². The van der Waals surface area contributed by atoms with Crippen molar-refractivity contribution in [1.29, 1.82) is 5.26 Å². The Hall–Kier alpha value is 0.0769. The van der Waals surface area contributed by atoms with E-state index in [1.807, 2.05) is 25.7 Å². The lowest BCUT2D eigenvalue weighted by Crippen LogP contribution is -2.29. The van der Waals surface area contributed by atoms with Gasteiger partial charge in [-0.2, -0.15) is 5.26 Å². The first-order valence-corrected chi connectivity index (χ1v) is 9.63. The van der Waals surface area contributed by atoms with Gasteiger partial charge in [0.15, 0.2) is 6.10 Å². The van der Waals surface area contributed by atoms with Gasteiger partial charge in [0.1, 0.15) is 5.76 Å². The van der Waals surface area contributed by atoms with Crippen LogP contribution in [-0.4, -0.2) is 24.8 Å². The van der Waals surface area contributed by atoms with Gasteiger partial charge in [0.25, 0.3) is 0 Å². The molecule has 98 valence electrons. The lowest BCUT2D eigenvalue weighted by molar-refractivity contribution is 0.130. The van der Waals surface area contributed by atoms with Gasteiger partial charge in [0, 0.05) is 6.61 Å². The molecule has 0 N–H and O–H groups in total. The third kappa shape index (κ3) is 7.90. The van der Waals surface area contributed by atoms with Gasteiger partial charge in [-0.15, -0.1) is 0 Å². The van der Waals surface area contributed by atoms with Crippen molar-refractivity contribution >= 4 is 43.1 Å². The molecule has 17 heavy (non-hydrogen) atoms. The topological polar surface area (TPSA) is 42.2 Å². The largest absolute Gasteiger partial charge is 0.544 e. The van der Waals surface area contributed by atoms with Gasteiger partial charge >= 0.3 is 0 Å². The first-order chi connectivity index (χ1) is 7.60. The van der Waals surface area contributed by atoms with Crippen LogP contribution in [0.1, 0.15) is 6.92 Å². The summed E-state index contributed by atoms with van der Waals surface area (Å²) in [7, 11) is -1.92. The molecule has 0 saturated carbocycles. The van der Waals surface area contributed by atoms with Crippen LogP contribution in [0.15, 0.2) is 11.8 Å². The second-order valence-electron chi connectivity index (χ2n) is 4.25. The van der Waals surface area contributed by atoms with E-state index in [9.17, 15) is 0 Å². The number of allylic oxidation sites excluding steroid dienone is 1. The van der Waals surface area contributed by atoms with E-state index in [4.69, 9.17) is 49.2 Å². The second-order valence-corrected chi connectivity index (χ2v) is 11.0. The van der Waals surface area contributed by atoms with E-state index in [-0.39, 0.29) is 5.76 Å². The Morgan fingerprint density at radius 3 is 2.24 bits per heavy atom. The summed E-state index contributed by atoms with van der Waals surface area (Å²) >= 11 is 17.4. The molecule has 0 bridgehead atoms. The SMILES string of the molecule is CCOC(C#N)/C=C(/O[Si](C)(C)C)C(Cl)(Cl)Cl. The molecule has 1 atom stereocenters. The van der Waals surface area contributed by atoms with Crippen molar-refractivity contribution in [3.63, 3.8) is 0 Å². The smallest absolute Gasteiger partial charge is 0.245 e. The molecular formula is C10H16Cl3NO2Si. The number of hydrogen-bond donors (Lipinski definition) is 0. The lowest BCUT2D eigenvalue weighted by atomic mass is 10.3. The van der Waals surface area contributed by atoms with Crippen molar-refractivity contribution in [1.82, 2.24) is 0 Å². The molecule has 0 fully saturated rings. The van der Waals surface area contributed by atoms with E-state index in [1.54, 1.807) is 6.92 Å². The molecule has 0 aliphatic rings. The zero-order chi connectivity index (χ0) is 13.7. The summed E-state index contributed by atoms with van der Waals surface area (Å²) in [5.74, 6) is 0.154. The van der Waals surface area contributed by atoms with Crippen LogP contribution < -0.4 is 0 Å². The van der Waals surface area contributed by atoms with Crippen LogP contribution in [0.25, 0.3) is 0 Å². The van der Waals surface area contributed by atoms with Crippen LogP contribution in [0.2, 0.25) is 19.6 Å². The fourth-order valence-electron chi connectivity index (χ4n) is 0.956. The molecule has 0 radical (unpaired) electrons. The number of halogens is 3. The first kappa shape index (κ1) is 17.1. The summed E-state index contributed by atoms with van der Waals surface area (Å²) < 4.78 is 9.12. The van der Waals surface area contributed by atoms with Crippen LogP contribution in [0.3, 0.4) is 0 Å². The molecule has 0 heterocycles. The number of ether oxygens (including phenoxy) is 1. The van der Waals surface area contributed by atoms with Crippen molar-refractivity contribution in [2.45, 2.75) is 36.5 Å². The summed E-state index contributed by atoms with van der Waals surface area (Å²) in [5.41, 5.74) is 0. The average Bonchev–Trinajstić information content (AvgIpc) is 2.12. The Morgan fingerprint density at radius 1 is 1.41 bits per heavy atom. The number of nitriles is 1. The molecule has 0 aromatic rings. The molecule has 7 heteroatoms. The minimum atomic E-state index is -1.92. The zero-order valence-electron chi connectivity index (χ0n) is 10.3. The maximum Gasteiger partial charge on any atom is 0.245 e. The van der Waals surface area contributed by atoms with Crippen LogP contribution in [-0.2, 0) is 9.16 Å². The molecule has 0 rings (SSSR count). The Balaban J connectivity index is 5.05. The van der Waals surface area contributed by atoms with Gasteiger partial charge in [-0.1, -0.05) is 34.8 Å². The summed E-state index contributed by atoms with van der Waals surface area (Å²) in [6, 6.07) is 1.95. The standard InChI is InChI=1S/C10H16Cl3NO2Si/c1-5-15-8(7-14)6-9(10(11,12)13)16-17(2,3)4/h6,8H,5H2,1-4H3/b9-6+. The van der Waals surface area contributed by atoms with E-state index in [1.165, 1.54) is 6.08 Å². The highest BCUT2D eigenvalue weighted by Gasteiger charge is 2.32. The monoisotopic (exact) mass is 315 g/mol. The minimum Gasteiger partial charge on any atom is -0.544 e. The van der Waals surface area contributed by atoms with Crippen LogP contribution >= 0.6 is 34.8 Å². The molecule has 0 aromatic heterocycles. The van der Waals surface area contributed by atoms with Crippen LogP contribution in [0.5, 0.6) is 0 Å². The fourth-order valence-corrected chi connectivity index (χ4v) is 2.34. The normalized spacial score (nSPS) is 15.3. The lowest BCUT2D eigenvalue weighted by Gasteiger charge is -2.26. The van der Waals surface area contributed by atoms with Crippen molar-refractivity contribution in [3.8, 4) is 6.07 Å². The maximum absolute atomic E-state index is 8.88. The fraction of sp³-hybridized carbons (Fsp3) is 0.700. The average molecular weight is 317 g/mol.